The maximum atomic E-state index is 5.15. The van der Waals surface area contributed by atoms with E-state index in [-0.39, 0.29) is 6.10 Å². The monoisotopic (exact) mass is 130 g/mol. The van der Waals surface area contributed by atoms with Crippen molar-refractivity contribution in [1.29, 1.82) is 0 Å². The van der Waals surface area contributed by atoms with Crippen LogP contribution < -0.4 is 5.48 Å². The molecule has 0 bridgehead atoms. The fourth-order valence-corrected chi connectivity index (χ4v) is 0.311. The summed E-state index contributed by atoms with van der Waals surface area (Å²) in [5.74, 6) is 0.567. The molecule has 0 aromatic heterocycles. The Hall–Kier alpha value is -0.0800. The van der Waals surface area contributed by atoms with Gasteiger partial charge >= 0.3 is 0 Å². The van der Waals surface area contributed by atoms with Crippen LogP contribution in [0.2, 0.25) is 0 Å². The van der Waals surface area contributed by atoms with Crippen LogP contribution in [0.3, 0.4) is 0 Å². The molecule has 1 unspecified atom stereocenters. The summed E-state index contributed by atoms with van der Waals surface area (Å²) in [5, 5.41) is 0. The molecule has 0 aliphatic carbocycles. The maximum Gasteiger partial charge on any atom is 0.0785 e. The zero-order valence-electron chi connectivity index (χ0n) is 6.64. The molecule has 0 aromatic rings. The summed E-state index contributed by atoms with van der Waals surface area (Å²) in [6.07, 6.45) is 0.279. The molecule has 1 atom stereocenters. The Kier molecular flexibility index (Phi) is 4.72. The molecule has 1 N–H and O–H groups in total. The Bertz CT molecular complexity index is 63.9. The van der Waals surface area contributed by atoms with Crippen molar-refractivity contribution in [3.8, 4) is 0 Å². The molecule has 2 nitrogen and oxygen atoms in total. The first-order valence-electron chi connectivity index (χ1n) is 3.37. The Labute approximate surface area is 57.5 Å². The molecule has 0 saturated heterocycles. The van der Waals surface area contributed by atoms with Crippen molar-refractivity contribution in [2.45, 2.75) is 33.8 Å². The Morgan fingerprint density at radius 3 is 2.22 bits per heavy atom. The summed E-state index contributed by atoms with van der Waals surface area (Å²) >= 11 is 0. The predicted molar refractivity (Wildman–Crippen MR) is 38.5 cm³/mol. The summed E-state index contributed by atoms with van der Waals surface area (Å²) < 4.78 is 0. The van der Waals surface area contributed by atoms with Crippen LogP contribution in [0.25, 0.3) is 0 Å². The van der Waals surface area contributed by atoms with Crippen LogP contribution in [0.4, 0.5) is 0 Å². The van der Waals surface area contributed by atoms with Crippen molar-refractivity contribution in [2.24, 2.45) is 5.92 Å². The quantitative estimate of drug-likeness (QED) is 0.585. The van der Waals surface area contributed by atoms with E-state index in [0.717, 1.165) is 0 Å². The second-order valence-corrected chi connectivity index (χ2v) is 2.47. The molecule has 0 saturated carbocycles. The van der Waals surface area contributed by atoms with Gasteiger partial charge in [-0.25, -0.2) is 0 Å². The highest BCUT2D eigenvalue weighted by Crippen LogP contribution is 2.02. The number of hydrogen-bond donors (Lipinski definition) is 1. The number of rotatable bonds is 4. The molecule has 0 amide bonds. The van der Waals surface area contributed by atoms with Crippen molar-refractivity contribution in [3.63, 3.8) is 0 Å². The standard InChI is InChI=1S/C7H16NO/c1-5-8-9-7(4)6(2)3/h5-8H,1-4H3. The van der Waals surface area contributed by atoms with Gasteiger partial charge in [0.1, 0.15) is 0 Å². The van der Waals surface area contributed by atoms with Crippen LogP contribution >= 0.6 is 0 Å². The molecule has 2 heteroatoms. The van der Waals surface area contributed by atoms with Gasteiger partial charge in [0.25, 0.3) is 0 Å². The Balaban J connectivity index is 3.16. The minimum Gasteiger partial charge on any atom is -0.298 e. The van der Waals surface area contributed by atoms with E-state index < -0.39 is 0 Å². The molecule has 1 radical (unpaired) electrons. The lowest BCUT2D eigenvalue weighted by Gasteiger charge is -2.15. The van der Waals surface area contributed by atoms with E-state index in [2.05, 4.69) is 19.3 Å². The van der Waals surface area contributed by atoms with Gasteiger partial charge in [-0.3, -0.25) is 4.84 Å². The summed E-state index contributed by atoms with van der Waals surface area (Å²) in [6, 6.07) is 0. The highest BCUT2D eigenvalue weighted by atomic mass is 16.7. The van der Waals surface area contributed by atoms with Gasteiger partial charge in [0, 0.05) is 6.54 Å². The summed E-state index contributed by atoms with van der Waals surface area (Å²) in [7, 11) is 0. The first kappa shape index (κ1) is 8.92. The number of hydrogen-bond acceptors (Lipinski definition) is 2. The molecule has 0 aromatic carbocycles. The van der Waals surface area contributed by atoms with E-state index >= 15 is 0 Å². The highest BCUT2D eigenvalue weighted by molar-refractivity contribution is 4.53. The van der Waals surface area contributed by atoms with E-state index in [4.69, 9.17) is 4.84 Å². The second-order valence-electron chi connectivity index (χ2n) is 2.47. The topological polar surface area (TPSA) is 21.3 Å². The van der Waals surface area contributed by atoms with E-state index in [1.54, 1.807) is 6.54 Å². The molecule has 0 spiro atoms. The van der Waals surface area contributed by atoms with E-state index in [1.807, 2.05) is 13.8 Å². The van der Waals surface area contributed by atoms with Gasteiger partial charge in [0.15, 0.2) is 0 Å². The molecule has 55 valence electrons. The SMILES string of the molecule is C[CH]NOC(C)C(C)C. The lowest BCUT2D eigenvalue weighted by atomic mass is 10.1. The number of nitrogens with one attached hydrogen (secondary N) is 1. The molecule has 0 fully saturated rings. The first-order valence-corrected chi connectivity index (χ1v) is 3.37. The van der Waals surface area contributed by atoms with Crippen molar-refractivity contribution < 1.29 is 4.84 Å². The zero-order chi connectivity index (χ0) is 7.28. The highest BCUT2D eigenvalue weighted by Gasteiger charge is 2.05. The van der Waals surface area contributed by atoms with Gasteiger partial charge in [0.2, 0.25) is 0 Å². The van der Waals surface area contributed by atoms with E-state index in [0.29, 0.717) is 5.92 Å². The van der Waals surface area contributed by atoms with Crippen LogP contribution in [-0.2, 0) is 4.84 Å². The van der Waals surface area contributed by atoms with Crippen LogP contribution in [-0.4, -0.2) is 6.10 Å². The Morgan fingerprint density at radius 2 is 1.89 bits per heavy atom. The van der Waals surface area contributed by atoms with Gasteiger partial charge in [0.05, 0.1) is 6.10 Å². The molecular formula is C7H16NO. The van der Waals surface area contributed by atoms with Gasteiger partial charge in [-0.05, 0) is 19.8 Å². The normalized spacial score (nSPS) is 14.3. The third-order valence-corrected chi connectivity index (χ3v) is 1.31. The van der Waals surface area contributed by atoms with Crippen LogP contribution in [0.1, 0.15) is 27.7 Å². The van der Waals surface area contributed by atoms with Crippen LogP contribution in [0.5, 0.6) is 0 Å². The van der Waals surface area contributed by atoms with Crippen molar-refractivity contribution in [1.82, 2.24) is 5.48 Å². The average molecular weight is 130 g/mol. The number of hydroxylamine groups is 1. The maximum absolute atomic E-state index is 5.15. The second kappa shape index (κ2) is 4.77. The van der Waals surface area contributed by atoms with Gasteiger partial charge in [-0.1, -0.05) is 13.8 Å². The zero-order valence-corrected chi connectivity index (χ0v) is 6.64. The average Bonchev–Trinajstić information content (AvgIpc) is 1.82. The first-order chi connectivity index (χ1) is 4.18. The third-order valence-electron chi connectivity index (χ3n) is 1.31. The van der Waals surface area contributed by atoms with Crippen molar-refractivity contribution in [2.75, 3.05) is 0 Å². The van der Waals surface area contributed by atoms with Crippen molar-refractivity contribution >= 4 is 0 Å². The van der Waals surface area contributed by atoms with Crippen molar-refractivity contribution in [3.05, 3.63) is 6.54 Å². The fraction of sp³-hybridized carbons (Fsp3) is 0.857. The van der Waals surface area contributed by atoms with Crippen LogP contribution in [0, 0.1) is 12.5 Å². The molecule has 0 aliphatic heterocycles. The molecular weight excluding hydrogens is 114 g/mol. The van der Waals surface area contributed by atoms with E-state index in [1.165, 1.54) is 0 Å². The molecule has 0 aliphatic rings. The van der Waals surface area contributed by atoms with Gasteiger partial charge < -0.3 is 0 Å². The van der Waals surface area contributed by atoms with E-state index in [9.17, 15) is 0 Å². The predicted octanol–water partition coefficient (Wildman–Crippen LogP) is 1.73. The van der Waals surface area contributed by atoms with Gasteiger partial charge in [-0.15, -0.1) is 0 Å². The summed E-state index contributed by atoms with van der Waals surface area (Å²) in [5.41, 5.74) is 2.70. The lowest BCUT2D eigenvalue weighted by Crippen LogP contribution is -2.22. The summed E-state index contributed by atoms with van der Waals surface area (Å²) in [4.78, 5) is 5.15. The smallest absolute Gasteiger partial charge is 0.0785 e. The lowest BCUT2D eigenvalue weighted by molar-refractivity contribution is -0.0234. The summed E-state index contributed by atoms with van der Waals surface area (Å²) in [6.45, 7) is 9.97. The van der Waals surface area contributed by atoms with Gasteiger partial charge in [-0.2, -0.15) is 5.48 Å². The molecule has 0 rings (SSSR count). The Morgan fingerprint density at radius 1 is 1.33 bits per heavy atom. The third kappa shape index (κ3) is 4.43. The molecule has 0 heterocycles. The van der Waals surface area contributed by atoms with Crippen LogP contribution in [0.15, 0.2) is 0 Å². The largest absolute Gasteiger partial charge is 0.298 e. The molecule has 9 heavy (non-hydrogen) atoms. The minimum atomic E-state index is 0.279. The fourth-order valence-electron chi connectivity index (χ4n) is 0.311. The minimum absolute atomic E-state index is 0.279.